The van der Waals surface area contributed by atoms with Gasteiger partial charge in [-0.25, -0.2) is 0 Å². The van der Waals surface area contributed by atoms with E-state index >= 15 is 0 Å². The Balaban J connectivity index is 2.31. The van der Waals surface area contributed by atoms with E-state index in [0.29, 0.717) is 0 Å². The van der Waals surface area contributed by atoms with Gasteiger partial charge in [0.2, 0.25) is 0 Å². The average Bonchev–Trinajstić information content (AvgIpc) is 2.78. The summed E-state index contributed by atoms with van der Waals surface area (Å²) in [6.07, 6.45) is 1.97. The van der Waals surface area contributed by atoms with Crippen molar-refractivity contribution in [2.75, 3.05) is 13.4 Å². The van der Waals surface area contributed by atoms with Gasteiger partial charge in [0.25, 0.3) is 0 Å². The molecule has 0 aliphatic carbocycles. The van der Waals surface area contributed by atoms with E-state index in [1.54, 1.807) is 29.8 Å². The van der Waals surface area contributed by atoms with Crippen LogP contribution < -0.4 is 8.72 Å². The van der Waals surface area contributed by atoms with Crippen molar-refractivity contribution in [1.29, 1.82) is 0 Å². The second kappa shape index (κ2) is 5.52. The highest BCUT2D eigenvalue weighted by atomic mass is 32.2. The molecular weight excluding hydrogens is 258 g/mol. The molecule has 16 heavy (non-hydrogen) atoms. The SMILES string of the molecule is COc1ccc(-c2cs/c(=N/SC)s2)cc1. The van der Waals surface area contributed by atoms with Crippen molar-refractivity contribution in [1.82, 2.24) is 0 Å². The molecule has 0 N–H and O–H groups in total. The van der Waals surface area contributed by atoms with Gasteiger partial charge in [-0.15, -0.1) is 22.7 Å². The van der Waals surface area contributed by atoms with Crippen molar-refractivity contribution < 1.29 is 4.74 Å². The Morgan fingerprint density at radius 2 is 2.00 bits per heavy atom. The van der Waals surface area contributed by atoms with E-state index in [1.807, 2.05) is 18.4 Å². The summed E-state index contributed by atoms with van der Waals surface area (Å²) < 4.78 is 10.5. The summed E-state index contributed by atoms with van der Waals surface area (Å²) >= 11 is 4.89. The first-order chi connectivity index (χ1) is 7.83. The number of nitrogens with zero attached hydrogens (tertiary/aromatic N) is 1. The predicted octanol–water partition coefficient (Wildman–Crippen LogP) is 3.66. The molecule has 0 bridgehead atoms. The molecule has 0 aliphatic rings. The van der Waals surface area contributed by atoms with Gasteiger partial charge in [0.1, 0.15) is 5.75 Å². The molecule has 0 fully saturated rings. The molecule has 0 radical (unpaired) electrons. The summed E-state index contributed by atoms with van der Waals surface area (Å²) in [6, 6.07) is 8.09. The minimum Gasteiger partial charge on any atom is -0.497 e. The summed E-state index contributed by atoms with van der Waals surface area (Å²) in [5.74, 6) is 0.887. The van der Waals surface area contributed by atoms with Crippen LogP contribution in [0.1, 0.15) is 0 Å². The van der Waals surface area contributed by atoms with Crippen LogP contribution in [0.2, 0.25) is 0 Å². The lowest BCUT2D eigenvalue weighted by Gasteiger charge is -2.00. The quantitative estimate of drug-likeness (QED) is 0.793. The fraction of sp³-hybridized carbons (Fsp3) is 0.182. The molecule has 0 unspecified atom stereocenters. The van der Waals surface area contributed by atoms with Crippen molar-refractivity contribution >= 4 is 34.6 Å². The maximum atomic E-state index is 5.13. The Morgan fingerprint density at radius 3 is 2.62 bits per heavy atom. The Labute approximate surface area is 107 Å². The molecule has 1 aromatic carbocycles. The van der Waals surface area contributed by atoms with Crippen LogP contribution in [0.5, 0.6) is 5.75 Å². The number of methoxy groups -OCH3 is 1. The minimum atomic E-state index is 0.887. The van der Waals surface area contributed by atoms with Gasteiger partial charge in [0.05, 0.1) is 7.11 Å². The van der Waals surface area contributed by atoms with Crippen LogP contribution in [0.3, 0.4) is 0 Å². The lowest BCUT2D eigenvalue weighted by Crippen LogP contribution is -1.82. The first-order valence-electron chi connectivity index (χ1n) is 4.63. The molecule has 2 rings (SSSR count). The van der Waals surface area contributed by atoms with Gasteiger partial charge in [-0.2, -0.15) is 4.40 Å². The molecule has 0 amide bonds. The lowest BCUT2D eigenvalue weighted by molar-refractivity contribution is 0.415. The highest BCUT2D eigenvalue weighted by Crippen LogP contribution is 2.26. The van der Waals surface area contributed by atoms with E-state index in [0.717, 1.165) is 9.73 Å². The highest BCUT2D eigenvalue weighted by Gasteiger charge is 2.00. The van der Waals surface area contributed by atoms with Crippen LogP contribution in [-0.2, 0) is 0 Å². The number of benzene rings is 1. The van der Waals surface area contributed by atoms with E-state index in [4.69, 9.17) is 4.74 Å². The van der Waals surface area contributed by atoms with Crippen LogP contribution in [0.4, 0.5) is 0 Å². The maximum Gasteiger partial charge on any atom is 0.178 e. The lowest BCUT2D eigenvalue weighted by atomic mass is 10.2. The van der Waals surface area contributed by atoms with E-state index in [-0.39, 0.29) is 0 Å². The van der Waals surface area contributed by atoms with Crippen LogP contribution in [0, 0.1) is 0 Å². The van der Waals surface area contributed by atoms with Gasteiger partial charge < -0.3 is 4.74 Å². The van der Waals surface area contributed by atoms with Crippen molar-refractivity contribution in [3.8, 4) is 16.2 Å². The third-order valence-electron chi connectivity index (χ3n) is 2.00. The Bertz CT molecular complexity index is 513. The molecule has 1 heterocycles. The van der Waals surface area contributed by atoms with E-state index in [1.165, 1.54) is 22.4 Å². The second-order valence-corrected chi connectivity index (χ2v) is 5.67. The third-order valence-corrected chi connectivity index (χ3v) is 4.77. The molecule has 0 spiro atoms. The fourth-order valence-electron chi connectivity index (χ4n) is 1.24. The smallest absolute Gasteiger partial charge is 0.178 e. The molecule has 84 valence electrons. The molecule has 0 atom stereocenters. The zero-order chi connectivity index (χ0) is 11.4. The van der Waals surface area contributed by atoms with Gasteiger partial charge in [0, 0.05) is 16.5 Å². The molecule has 1 aromatic heterocycles. The summed E-state index contributed by atoms with van der Waals surface area (Å²) in [5, 5.41) is 2.14. The number of hydrogen-bond donors (Lipinski definition) is 0. The second-order valence-electron chi connectivity index (χ2n) is 2.97. The van der Waals surface area contributed by atoms with E-state index in [9.17, 15) is 0 Å². The topological polar surface area (TPSA) is 21.6 Å². The third kappa shape index (κ3) is 2.66. The molecule has 2 nitrogen and oxygen atoms in total. The zero-order valence-electron chi connectivity index (χ0n) is 8.97. The summed E-state index contributed by atoms with van der Waals surface area (Å²) in [4.78, 5) is 1.25. The van der Waals surface area contributed by atoms with Crippen molar-refractivity contribution in [2.45, 2.75) is 0 Å². The molecule has 0 aliphatic heterocycles. The van der Waals surface area contributed by atoms with Crippen molar-refractivity contribution in [2.24, 2.45) is 4.40 Å². The monoisotopic (exact) mass is 269 g/mol. The molecule has 5 heteroatoms. The zero-order valence-corrected chi connectivity index (χ0v) is 11.4. The molecular formula is C11H11NOS3. The predicted molar refractivity (Wildman–Crippen MR) is 73.3 cm³/mol. The maximum absolute atomic E-state index is 5.13. The Kier molecular flexibility index (Phi) is 4.04. The van der Waals surface area contributed by atoms with Gasteiger partial charge in [-0.3, -0.25) is 0 Å². The van der Waals surface area contributed by atoms with Gasteiger partial charge in [0.15, 0.2) is 3.98 Å². The first kappa shape index (κ1) is 11.7. The summed E-state index contributed by atoms with van der Waals surface area (Å²) in [7, 11) is 1.68. The van der Waals surface area contributed by atoms with Crippen molar-refractivity contribution in [3.05, 3.63) is 33.6 Å². The largest absolute Gasteiger partial charge is 0.497 e. The minimum absolute atomic E-state index is 0.887. The molecule has 0 saturated carbocycles. The van der Waals surface area contributed by atoms with Crippen molar-refractivity contribution in [3.63, 3.8) is 0 Å². The van der Waals surface area contributed by atoms with Crippen LogP contribution in [0.15, 0.2) is 34.0 Å². The first-order valence-corrected chi connectivity index (χ1v) is 7.51. The summed E-state index contributed by atoms with van der Waals surface area (Å²) in [6.45, 7) is 0. The number of ether oxygens (including phenoxy) is 1. The fourth-order valence-corrected chi connectivity index (χ4v) is 3.89. The van der Waals surface area contributed by atoms with Gasteiger partial charge >= 0.3 is 0 Å². The molecule has 2 aromatic rings. The van der Waals surface area contributed by atoms with Gasteiger partial charge in [-0.05, 0) is 41.8 Å². The standard InChI is InChI=1S/C11H11NOS3/c1-13-9-5-3-8(4-6-9)10-7-15-11(16-10)12-14-2/h3-7H,1-2H3/b12-11-. The normalized spacial score (nSPS) is 11.8. The van der Waals surface area contributed by atoms with E-state index < -0.39 is 0 Å². The Hall–Kier alpha value is -0.780. The highest BCUT2D eigenvalue weighted by molar-refractivity contribution is 7.97. The summed E-state index contributed by atoms with van der Waals surface area (Å²) in [5.41, 5.74) is 1.21. The van der Waals surface area contributed by atoms with E-state index in [2.05, 4.69) is 21.9 Å². The van der Waals surface area contributed by atoms with Crippen LogP contribution in [0.25, 0.3) is 10.4 Å². The van der Waals surface area contributed by atoms with Crippen LogP contribution >= 0.6 is 34.6 Å². The average molecular weight is 269 g/mol. The van der Waals surface area contributed by atoms with Crippen LogP contribution in [-0.4, -0.2) is 13.4 Å². The molecule has 0 saturated heterocycles. The number of rotatable bonds is 3. The number of hydrogen-bond acceptors (Lipinski definition) is 5. The Morgan fingerprint density at radius 1 is 1.25 bits per heavy atom. The van der Waals surface area contributed by atoms with Gasteiger partial charge in [-0.1, -0.05) is 0 Å².